The maximum Gasteiger partial charge on any atom is 0.335 e. The van der Waals surface area contributed by atoms with Crippen LogP contribution >= 0.6 is 0 Å². The van der Waals surface area contributed by atoms with Crippen LogP contribution in [0.15, 0.2) is 11.1 Å². The summed E-state index contributed by atoms with van der Waals surface area (Å²) in [5, 5.41) is 3.68. The van der Waals surface area contributed by atoms with Crippen LogP contribution in [0.1, 0.15) is 5.69 Å². The third kappa shape index (κ3) is 1.56. The van der Waals surface area contributed by atoms with Gasteiger partial charge in [0.15, 0.2) is 0 Å². The van der Waals surface area contributed by atoms with Gasteiger partial charge in [0.1, 0.15) is 4.90 Å². The molecule has 0 saturated heterocycles. The Labute approximate surface area is 63.9 Å². The van der Waals surface area contributed by atoms with E-state index in [0.717, 1.165) is 6.20 Å². The Morgan fingerprint density at radius 2 is 2.18 bits per heavy atom. The molecule has 0 bridgehead atoms. The van der Waals surface area contributed by atoms with E-state index < -0.39 is 10.2 Å². The Balaban J connectivity index is 3.36. The lowest BCUT2D eigenvalue weighted by Gasteiger charge is -1.86. The molecule has 0 aliphatic carbocycles. The molecule has 0 atom stereocenters. The highest BCUT2D eigenvalue weighted by molar-refractivity contribution is 7.86. The van der Waals surface area contributed by atoms with Gasteiger partial charge >= 0.3 is 10.2 Å². The van der Waals surface area contributed by atoms with Gasteiger partial charge in [0, 0.05) is 13.2 Å². The molecule has 0 spiro atoms. The first kappa shape index (κ1) is 8.19. The van der Waals surface area contributed by atoms with Crippen molar-refractivity contribution in [3.63, 3.8) is 0 Å². The van der Waals surface area contributed by atoms with Crippen molar-refractivity contribution in [3.8, 4) is 0 Å². The summed E-state index contributed by atoms with van der Waals surface area (Å²) in [6.45, 7) is 1.44. The molecule has 0 radical (unpaired) electrons. The SMILES string of the molecule is Cc1nn(C)cc1S(=O)(=O)F. The molecule has 0 N–H and O–H groups in total. The number of halogens is 1. The molecule has 1 rings (SSSR count). The van der Waals surface area contributed by atoms with E-state index in [-0.39, 0.29) is 10.6 Å². The Morgan fingerprint density at radius 3 is 2.36 bits per heavy atom. The van der Waals surface area contributed by atoms with Crippen molar-refractivity contribution in [2.24, 2.45) is 7.05 Å². The monoisotopic (exact) mass is 178 g/mol. The fourth-order valence-corrected chi connectivity index (χ4v) is 1.49. The Bertz CT molecular complexity index is 368. The standard InChI is InChI=1S/C5H7FN2O2S/c1-4-5(11(6,9)10)3-8(2)7-4/h3H,1-2H3. The minimum atomic E-state index is -4.60. The molecule has 0 aliphatic rings. The number of aromatic nitrogens is 2. The van der Waals surface area contributed by atoms with E-state index in [1.165, 1.54) is 18.7 Å². The van der Waals surface area contributed by atoms with Gasteiger partial charge in [-0.1, -0.05) is 0 Å². The van der Waals surface area contributed by atoms with Crippen LogP contribution < -0.4 is 0 Å². The lowest BCUT2D eigenvalue weighted by molar-refractivity contribution is 0.551. The number of aryl methyl sites for hydroxylation is 2. The van der Waals surface area contributed by atoms with E-state index >= 15 is 0 Å². The van der Waals surface area contributed by atoms with Crippen molar-refractivity contribution in [2.75, 3.05) is 0 Å². The van der Waals surface area contributed by atoms with Gasteiger partial charge in [-0.2, -0.15) is 13.5 Å². The van der Waals surface area contributed by atoms with Crippen LogP contribution in [0.4, 0.5) is 3.89 Å². The molecule has 4 nitrogen and oxygen atoms in total. The van der Waals surface area contributed by atoms with Crippen molar-refractivity contribution in [1.82, 2.24) is 9.78 Å². The zero-order valence-electron chi connectivity index (χ0n) is 6.07. The van der Waals surface area contributed by atoms with Crippen LogP contribution in [0.5, 0.6) is 0 Å². The second-order valence-electron chi connectivity index (χ2n) is 2.19. The molecule has 62 valence electrons. The van der Waals surface area contributed by atoms with Crippen LogP contribution in [0, 0.1) is 6.92 Å². The Kier molecular flexibility index (Phi) is 1.71. The van der Waals surface area contributed by atoms with E-state index in [9.17, 15) is 12.3 Å². The van der Waals surface area contributed by atoms with Crippen LogP contribution in [0.3, 0.4) is 0 Å². The van der Waals surface area contributed by atoms with Crippen LogP contribution in [0.25, 0.3) is 0 Å². The summed E-state index contributed by atoms with van der Waals surface area (Å²) in [7, 11) is -3.07. The number of rotatable bonds is 1. The third-order valence-corrected chi connectivity index (χ3v) is 2.16. The molecule has 0 amide bonds. The number of hydrogen-bond acceptors (Lipinski definition) is 3. The quantitative estimate of drug-likeness (QED) is 0.584. The van der Waals surface area contributed by atoms with Crippen LogP contribution in [0.2, 0.25) is 0 Å². The highest BCUT2D eigenvalue weighted by atomic mass is 32.3. The summed E-state index contributed by atoms with van der Waals surface area (Å²) in [5.41, 5.74) is 0.176. The molecular formula is C5H7FN2O2S. The van der Waals surface area contributed by atoms with Crippen LogP contribution in [-0.2, 0) is 17.3 Å². The largest absolute Gasteiger partial charge is 0.335 e. The first-order valence-corrected chi connectivity index (χ1v) is 4.24. The van der Waals surface area contributed by atoms with Crippen molar-refractivity contribution in [2.45, 2.75) is 11.8 Å². The molecule has 0 unspecified atom stereocenters. The van der Waals surface area contributed by atoms with Gasteiger partial charge < -0.3 is 0 Å². The van der Waals surface area contributed by atoms with Gasteiger partial charge in [-0.05, 0) is 6.92 Å². The van der Waals surface area contributed by atoms with Crippen molar-refractivity contribution in [3.05, 3.63) is 11.9 Å². The molecule has 0 saturated carbocycles. The summed E-state index contributed by atoms with van der Waals surface area (Å²) in [6.07, 6.45) is 1.13. The number of hydrogen-bond donors (Lipinski definition) is 0. The molecule has 11 heavy (non-hydrogen) atoms. The number of nitrogens with zero attached hydrogens (tertiary/aromatic N) is 2. The molecule has 1 heterocycles. The molecule has 1 aromatic heterocycles. The first-order chi connectivity index (χ1) is 4.91. The minimum absolute atomic E-state index is 0.176. The first-order valence-electron chi connectivity index (χ1n) is 2.86. The normalized spacial score (nSPS) is 11.9. The fraction of sp³-hybridized carbons (Fsp3) is 0.400. The smallest absolute Gasteiger partial charge is 0.274 e. The van der Waals surface area contributed by atoms with Gasteiger partial charge in [0.25, 0.3) is 0 Å². The fourth-order valence-electron chi connectivity index (χ4n) is 0.817. The molecular weight excluding hydrogens is 171 g/mol. The van der Waals surface area contributed by atoms with E-state index in [1.54, 1.807) is 0 Å². The average Bonchev–Trinajstić information content (AvgIpc) is 2.08. The predicted octanol–water partition coefficient (Wildman–Crippen LogP) is 0.387. The van der Waals surface area contributed by atoms with Crippen molar-refractivity contribution < 1.29 is 12.3 Å². The Hall–Kier alpha value is -0.910. The predicted molar refractivity (Wildman–Crippen MR) is 36.2 cm³/mol. The maximum absolute atomic E-state index is 12.3. The van der Waals surface area contributed by atoms with E-state index in [4.69, 9.17) is 0 Å². The lowest BCUT2D eigenvalue weighted by atomic mass is 10.5. The topological polar surface area (TPSA) is 52.0 Å². The van der Waals surface area contributed by atoms with Crippen molar-refractivity contribution >= 4 is 10.2 Å². The van der Waals surface area contributed by atoms with Gasteiger partial charge in [-0.25, -0.2) is 0 Å². The lowest BCUT2D eigenvalue weighted by Crippen LogP contribution is -1.91. The van der Waals surface area contributed by atoms with Gasteiger partial charge in [-0.3, -0.25) is 4.68 Å². The highest BCUT2D eigenvalue weighted by Crippen LogP contribution is 2.14. The second-order valence-corrected chi connectivity index (χ2v) is 3.51. The maximum atomic E-state index is 12.3. The summed E-state index contributed by atoms with van der Waals surface area (Å²) in [5.74, 6) is 0. The zero-order valence-corrected chi connectivity index (χ0v) is 6.89. The zero-order chi connectivity index (χ0) is 8.65. The van der Waals surface area contributed by atoms with Gasteiger partial charge in [-0.15, -0.1) is 3.89 Å². The summed E-state index contributed by atoms with van der Waals surface area (Å²) >= 11 is 0. The van der Waals surface area contributed by atoms with Gasteiger partial charge in [0.2, 0.25) is 0 Å². The van der Waals surface area contributed by atoms with E-state index in [2.05, 4.69) is 5.10 Å². The second kappa shape index (κ2) is 2.30. The molecule has 6 heteroatoms. The Morgan fingerprint density at radius 1 is 1.64 bits per heavy atom. The molecule has 1 aromatic rings. The average molecular weight is 178 g/mol. The highest BCUT2D eigenvalue weighted by Gasteiger charge is 2.17. The molecule has 0 aromatic carbocycles. The minimum Gasteiger partial charge on any atom is -0.274 e. The summed E-state index contributed by atoms with van der Waals surface area (Å²) in [4.78, 5) is -0.361. The van der Waals surface area contributed by atoms with E-state index in [0.29, 0.717) is 0 Å². The summed E-state index contributed by atoms with van der Waals surface area (Å²) in [6, 6.07) is 0. The molecule has 0 fully saturated rings. The summed E-state index contributed by atoms with van der Waals surface area (Å²) < 4.78 is 34.3. The van der Waals surface area contributed by atoms with Gasteiger partial charge in [0.05, 0.1) is 5.69 Å². The van der Waals surface area contributed by atoms with Crippen molar-refractivity contribution in [1.29, 1.82) is 0 Å². The molecule has 0 aliphatic heterocycles. The van der Waals surface area contributed by atoms with Crippen LogP contribution in [-0.4, -0.2) is 18.2 Å². The van der Waals surface area contributed by atoms with E-state index in [1.807, 2.05) is 0 Å². The third-order valence-electron chi connectivity index (χ3n) is 1.23.